The van der Waals surface area contributed by atoms with Crippen LogP contribution in [0.4, 0.5) is 5.69 Å². The van der Waals surface area contributed by atoms with E-state index in [-0.39, 0.29) is 17.7 Å². The first-order valence-corrected chi connectivity index (χ1v) is 3.99. The maximum atomic E-state index is 10.8. The van der Waals surface area contributed by atoms with Crippen molar-refractivity contribution in [1.29, 1.82) is 0 Å². The minimum absolute atomic E-state index is 0.116. The van der Waals surface area contributed by atoms with Gasteiger partial charge in [0.2, 0.25) is 0 Å². The molecule has 0 fully saturated rings. The van der Waals surface area contributed by atoms with E-state index in [4.69, 9.17) is 11.9 Å². The third kappa shape index (κ3) is 2.43. The van der Waals surface area contributed by atoms with Gasteiger partial charge in [-0.15, -0.1) is 0 Å². The molecule has 0 bridgehead atoms. The first kappa shape index (κ1) is 10.5. The lowest BCUT2D eigenvalue weighted by molar-refractivity contribution is -0.385. The van der Waals surface area contributed by atoms with Gasteiger partial charge in [0, 0.05) is 11.6 Å². The Morgan fingerprint density at radius 1 is 1.50 bits per heavy atom. The number of para-hydroxylation sites is 1. The zero-order chi connectivity index (χ0) is 10.6. The van der Waals surface area contributed by atoms with Crippen LogP contribution < -0.4 is 0 Å². The lowest BCUT2D eigenvalue weighted by Crippen LogP contribution is -2.04. The summed E-state index contributed by atoms with van der Waals surface area (Å²) in [5, 5.41) is 10.5. The van der Waals surface area contributed by atoms with Crippen LogP contribution in [-0.4, -0.2) is 10.9 Å². The highest BCUT2D eigenvalue weighted by molar-refractivity contribution is 6.13. The SMILES string of the molecule is O=C(Cc1ccccc1[N+](=O)[O-])OCl. The van der Waals surface area contributed by atoms with Crippen molar-refractivity contribution in [3.05, 3.63) is 39.9 Å². The van der Waals surface area contributed by atoms with Crippen molar-refractivity contribution in [3.63, 3.8) is 0 Å². The van der Waals surface area contributed by atoms with E-state index in [2.05, 4.69) is 4.29 Å². The number of carbonyl (C=O) groups excluding carboxylic acids is 1. The largest absolute Gasteiger partial charge is 0.347 e. The van der Waals surface area contributed by atoms with Crippen molar-refractivity contribution >= 4 is 23.5 Å². The molecule has 0 aromatic heterocycles. The molecule has 0 amide bonds. The van der Waals surface area contributed by atoms with E-state index in [1.807, 2.05) is 0 Å². The molecule has 1 aromatic carbocycles. The monoisotopic (exact) mass is 215 g/mol. The molecule has 0 spiro atoms. The smallest absolute Gasteiger partial charge is 0.329 e. The van der Waals surface area contributed by atoms with E-state index in [1.165, 1.54) is 18.2 Å². The summed E-state index contributed by atoms with van der Waals surface area (Å²) in [6.45, 7) is 0. The van der Waals surface area contributed by atoms with Gasteiger partial charge in [0.25, 0.3) is 5.69 Å². The minimum Gasteiger partial charge on any atom is -0.347 e. The number of nitro benzene ring substituents is 1. The normalized spacial score (nSPS) is 9.50. The van der Waals surface area contributed by atoms with Gasteiger partial charge >= 0.3 is 5.97 Å². The maximum Gasteiger partial charge on any atom is 0.329 e. The molecule has 6 heteroatoms. The van der Waals surface area contributed by atoms with Gasteiger partial charge in [-0.25, -0.2) is 0 Å². The fourth-order valence-corrected chi connectivity index (χ4v) is 1.08. The van der Waals surface area contributed by atoms with Crippen LogP contribution in [0.5, 0.6) is 0 Å². The summed E-state index contributed by atoms with van der Waals surface area (Å²) in [6.07, 6.45) is -0.208. The standard InChI is InChI=1S/C8H6ClNO4/c9-14-8(11)5-6-3-1-2-4-7(6)10(12)13/h1-4H,5H2. The molecule has 1 rings (SSSR count). The van der Waals surface area contributed by atoms with Crippen molar-refractivity contribution in [1.82, 2.24) is 0 Å². The fraction of sp³-hybridized carbons (Fsp3) is 0.125. The maximum absolute atomic E-state index is 10.8. The van der Waals surface area contributed by atoms with Gasteiger partial charge in [-0.1, -0.05) is 18.2 Å². The first-order valence-electron chi connectivity index (χ1n) is 3.69. The molecule has 0 aliphatic carbocycles. The van der Waals surface area contributed by atoms with E-state index in [9.17, 15) is 14.9 Å². The van der Waals surface area contributed by atoms with Gasteiger partial charge in [-0.05, 0) is 0 Å². The molecule has 0 atom stereocenters. The minimum atomic E-state index is -0.721. The van der Waals surface area contributed by atoms with Gasteiger partial charge in [0.15, 0.2) is 0 Å². The number of halogens is 1. The predicted molar refractivity (Wildman–Crippen MR) is 48.7 cm³/mol. The Morgan fingerprint density at radius 3 is 2.71 bits per heavy atom. The van der Waals surface area contributed by atoms with Crippen molar-refractivity contribution < 1.29 is 14.0 Å². The molecule has 0 N–H and O–H groups in total. The Labute approximate surface area is 84.6 Å². The first-order chi connectivity index (χ1) is 6.65. The third-order valence-corrected chi connectivity index (χ3v) is 1.78. The molecule has 0 aliphatic heterocycles. The van der Waals surface area contributed by atoms with E-state index in [0.29, 0.717) is 0 Å². The van der Waals surface area contributed by atoms with Crippen LogP contribution in [0, 0.1) is 10.1 Å². The van der Waals surface area contributed by atoms with Gasteiger partial charge in [-0.2, -0.15) is 0 Å². The number of nitrogens with zero attached hydrogens (tertiary/aromatic N) is 1. The van der Waals surface area contributed by atoms with E-state index in [0.717, 1.165) is 0 Å². The second kappa shape index (κ2) is 4.57. The van der Waals surface area contributed by atoms with Crippen LogP contribution in [0.2, 0.25) is 0 Å². The van der Waals surface area contributed by atoms with Crippen LogP contribution in [0.25, 0.3) is 0 Å². The molecule has 0 radical (unpaired) electrons. The van der Waals surface area contributed by atoms with Gasteiger partial charge in [0.1, 0.15) is 11.9 Å². The third-order valence-electron chi connectivity index (χ3n) is 1.61. The van der Waals surface area contributed by atoms with E-state index < -0.39 is 10.9 Å². The summed E-state index contributed by atoms with van der Waals surface area (Å²) in [5.74, 6) is -0.721. The summed E-state index contributed by atoms with van der Waals surface area (Å²) in [7, 11) is 0. The van der Waals surface area contributed by atoms with Crippen LogP contribution >= 0.6 is 11.9 Å². The predicted octanol–water partition coefficient (Wildman–Crippen LogP) is 1.83. The summed E-state index contributed by atoms with van der Waals surface area (Å²) in [4.78, 5) is 20.7. The molecule has 5 nitrogen and oxygen atoms in total. The quantitative estimate of drug-likeness (QED) is 0.570. The Kier molecular flexibility index (Phi) is 3.41. The van der Waals surface area contributed by atoms with Gasteiger partial charge in [0.05, 0.1) is 11.3 Å². The highest BCUT2D eigenvalue weighted by Crippen LogP contribution is 2.18. The van der Waals surface area contributed by atoms with Crippen molar-refractivity contribution in [2.45, 2.75) is 6.42 Å². The van der Waals surface area contributed by atoms with Gasteiger partial charge < -0.3 is 4.29 Å². The lowest BCUT2D eigenvalue weighted by Gasteiger charge is -1.99. The zero-order valence-electron chi connectivity index (χ0n) is 6.97. The summed E-state index contributed by atoms with van der Waals surface area (Å²) in [5.41, 5.74) is 0.165. The molecule has 0 aliphatic rings. The Morgan fingerprint density at radius 2 is 2.14 bits per heavy atom. The van der Waals surface area contributed by atoms with Crippen LogP contribution in [0.3, 0.4) is 0 Å². The molecular weight excluding hydrogens is 210 g/mol. The number of nitro groups is 1. The highest BCUT2D eigenvalue weighted by atomic mass is 35.5. The topological polar surface area (TPSA) is 69.4 Å². The van der Waals surface area contributed by atoms with Crippen LogP contribution in [0.1, 0.15) is 5.56 Å². The molecule has 1 aromatic rings. The van der Waals surface area contributed by atoms with Crippen molar-refractivity contribution in [2.75, 3.05) is 0 Å². The van der Waals surface area contributed by atoms with Crippen molar-refractivity contribution in [2.24, 2.45) is 0 Å². The fourth-order valence-electron chi connectivity index (χ4n) is 1.02. The summed E-state index contributed by atoms with van der Waals surface area (Å²) in [6, 6.07) is 5.92. The Balaban J connectivity index is 2.95. The van der Waals surface area contributed by atoms with Crippen molar-refractivity contribution in [3.8, 4) is 0 Å². The molecule has 0 unspecified atom stereocenters. The molecule has 0 heterocycles. The Bertz CT molecular complexity index is 366. The molecule has 0 saturated heterocycles. The summed E-state index contributed by atoms with van der Waals surface area (Å²) >= 11 is 4.81. The zero-order valence-corrected chi connectivity index (χ0v) is 7.73. The molecular formula is C8H6ClNO4. The number of benzene rings is 1. The average Bonchev–Trinajstić information content (AvgIpc) is 2.18. The second-order valence-electron chi connectivity index (χ2n) is 2.51. The number of hydrogen-bond donors (Lipinski definition) is 0. The van der Waals surface area contributed by atoms with E-state index in [1.54, 1.807) is 6.07 Å². The molecule has 0 saturated carbocycles. The highest BCUT2D eigenvalue weighted by Gasteiger charge is 2.15. The summed E-state index contributed by atoms with van der Waals surface area (Å²) < 4.78 is 3.90. The van der Waals surface area contributed by atoms with Gasteiger partial charge in [-0.3, -0.25) is 14.9 Å². The van der Waals surface area contributed by atoms with Crippen LogP contribution in [-0.2, 0) is 15.5 Å². The number of carbonyl (C=O) groups is 1. The average molecular weight is 216 g/mol. The number of rotatable bonds is 3. The second-order valence-corrected chi connectivity index (χ2v) is 2.67. The molecule has 74 valence electrons. The number of hydrogen-bond acceptors (Lipinski definition) is 4. The van der Waals surface area contributed by atoms with Crippen LogP contribution in [0.15, 0.2) is 24.3 Å². The lowest BCUT2D eigenvalue weighted by atomic mass is 10.1. The molecule has 14 heavy (non-hydrogen) atoms. The van der Waals surface area contributed by atoms with E-state index >= 15 is 0 Å². The Hall–Kier alpha value is -1.62.